The molecule has 1 saturated heterocycles. The molecule has 0 aromatic rings. The van der Waals surface area contributed by atoms with Crippen molar-refractivity contribution < 1.29 is 0 Å². The van der Waals surface area contributed by atoms with E-state index in [0.29, 0.717) is 0 Å². The molecule has 2 aliphatic rings. The number of fused-ring (bicyclic) bond motifs is 1. The van der Waals surface area contributed by atoms with Crippen molar-refractivity contribution in [1.29, 1.82) is 0 Å². The average molecular weight is 197 g/mol. The third-order valence-electron chi connectivity index (χ3n) is 3.50. The third-order valence-corrected chi connectivity index (χ3v) is 4.90. The molecule has 2 fully saturated rings. The molecule has 1 nitrogen and oxygen atoms in total. The molecule has 1 aliphatic carbocycles. The van der Waals surface area contributed by atoms with Crippen molar-refractivity contribution in [2.75, 3.05) is 19.3 Å². The van der Waals surface area contributed by atoms with E-state index in [1.165, 1.54) is 38.5 Å². The van der Waals surface area contributed by atoms with Crippen LogP contribution in [-0.2, 0) is 0 Å². The number of likely N-dealkylation sites (tertiary alicyclic amines) is 1. The molecule has 0 amide bonds. The highest BCUT2D eigenvalue weighted by atomic mass is 28.3. The van der Waals surface area contributed by atoms with Gasteiger partial charge in [0.15, 0.2) is 0 Å². The Kier molecular flexibility index (Phi) is 2.54. The molecule has 1 aliphatic heterocycles. The number of rotatable bonds is 2. The maximum Gasteiger partial charge on any atom is 0.0599 e. The molecule has 2 atom stereocenters. The van der Waals surface area contributed by atoms with Crippen molar-refractivity contribution in [3.63, 3.8) is 0 Å². The summed E-state index contributed by atoms with van der Waals surface area (Å²) in [6.07, 6.45) is 5.98. The van der Waals surface area contributed by atoms with Crippen LogP contribution in [0.25, 0.3) is 0 Å². The topological polar surface area (TPSA) is 3.24 Å². The van der Waals surface area contributed by atoms with E-state index in [4.69, 9.17) is 0 Å². The molecule has 2 rings (SSSR count). The second kappa shape index (κ2) is 3.39. The van der Waals surface area contributed by atoms with Gasteiger partial charge in [-0.15, -0.1) is 0 Å². The van der Waals surface area contributed by atoms with Crippen LogP contribution in [0.4, 0.5) is 0 Å². The van der Waals surface area contributed by atoms with Crippen LogP contribution < -0.4 is 0 Å². The lowest BCUT2D eigenvalue weighted by atomic mass is 10.0. The second-order valence-corrected chi connectivity index (χ2v) is 11.6. The SMILES string of the molecule is C[Si](C)(C)CN1CC2CCCC2C1. The van der Waals surface area contributed by atoms with Crippen LogP contribution in [0.2, 0.25) is 19.6 Å². The van der Waals surface area contributed by atoms with Gasteiger partial charge in [0, 0.05) is 13.1 Å². The number of hydrogen-bond acceptors (Lipinski definition) is 1. The normalized spacial score (nSPS) is 35.3. The summed E-state index contributed by atoms with van der Waals surface area (Å²) in [5.41, 5.74) is 0. The first-order valence-electron chi connectivity index (χ1n) is 5.77. The Morgan fingerprint density at radius 3 is 2.08 bits per heavy atom. The first-order chi connectivity index (χ1) is 6.04. The number of nitrogens with zero attached hydrogens (tertiary/aromatic N) is 1. The Labute approximate surface area is 83.5 Å². The first kappa shape index (κ1) is 9.72. The monoisotopic (exact) mass is 197 g/mol. The van der Waals surface area contributed by atoms with E-state index in [9.17, 15) is 0 Å². The lowest BCUT2D eigenvalue weighted by molar-refractivity contribution is 0.354. The fourth-order valence-electron chi connectivity index (χ4n) is 3.13. The fourth-order valence-corrected chi connectivity index (χ4v) is 4.73. The van der Waals surface area contributed by atoms with Crippen LogP contribution >= 0.6 is 0 Å². The molecule has 2 unspecified atom stereocenters. The minimum atomic E-state index is -0.844. The smallest absolute Gasteiger partial charge is 0.0599 e. The maximum atomic E-state index is 2.75. The summed E-state index contributed by atoms with van der Waals surface area (Å²) in [5.74, 6) is 2.16. The highest BCUT2D eigenvalue weighted by Gasteiger charge is 2.37. The minimum absolute atomic E-state index is 0.844. The van der Waals surface area contributed by atoms with Crippen molar-refractivity contribution in [3.8, 4) is 0 Å². The predicted octanol–water partition coefficient (Wildman–Crippen LogP) is 2.60. The summed E-state index contributed by atoms with van der Waals surface area (Å²) in [6.45, 7) is 10.3. The second-order valence-electron chi connectivity index (χ2n) is 6.21. The molecule has 0 spiro atoms. The van der Waals surface area contributed by atoms with Crippen molar-refractivity contribution in [3.05, 3.63) is 0 Å². The summed E-state index contributed by atoms with van der Waals surface area (Å²) < 4.78 is 0. The van der Waals surface area contributed by atoms with E-state index >= 15 is 0 Å². The van der Waals surface area contributed by atoms with Gasteiger partial charge in [0.25, 0.3) is 0 Å². The van der Waals surface area contributed by atoms with Crippen molar-refractivity contribution in [1.82, 2.24) is 4.90 Å². The fraction of sp³-hybridized carbons (Fsp3) is 1.00. The van der Waals surface area contributed by atoms with Crippen LogP contribution in [0, 0.1) is 11.8 Å². The van der Waals surface area contributed by atoms with E-state index < -0.39 is 8.07 Å². The quantitative estimate of drug-likeness (QED) is 0.615. The standard InChI is InChI=1S/C11H23NSi/c1-13(2,3)9-12-7-10-5-4-6-11(10)8-12/h10-11H,4-9H2,1-3H3. The van der Waals surface area contributed by atoms with Crippen LogP contribution in [0.1, 0.15) is 19.3 Å². The minimum Gasteiger partial charge on any atom is -0.306 e. The molecule has 0 N–H and O–H groups in total. The van der Waals surface area contributed by atoms with Crippen molar-refractivity contribution in [2.45, 2.75) is 38.9 Å². The molecule has 0 aromatic carbocycles. The van der Waals surface area contributed by atoms with E-state index in [2.05, 4.69) is 24.5 Å². The van der Waals surface area contributed by atoms with Gasteiger partial charge in [-0.2, -0.15) is 0 Å². The Balaban J connectivity index is 1.85. The third kappa shape index (κ3) is 2.35. The molecule has 0 bridgehead atoms. The van der Waals surface area contributed by atoms with E-state index in [0.717, 1.165) is 11.8 Å². The zero-order chi connectivity index (χ0) is 9.47. The van der Waals surface area contributed by atoms with Gasteiger partial charge in [0.05, 0.1) is 8.07 Å². The van der Waals surface area contributed by atoms with E-state index in [1.807, 2.05) is 0 Å². The van der Waals surface area contributed by atoms with Gasteiger partial charge in [0.1, 0.15) is 0 Å². The average Bonchev–Trinajstić information content (AvgIpc) is 2.40. The largest absolute Gasteiger partial charge is 0.306 e. The molecular formula is C11H23NSi. The Morgan fingerprint density at radius 1 is 1.08 bits per heavy atom. The molecule has 1 saturated carbocycles. The lowest BCUT2D eigenvalue weighted by Gasteiger charge is -2.25. The van der Waals surface area contributed by atoms with Gasteiger partial charge in [-0.3, -0.25) is 0 Å². The molecule has 2 heteroatoms. The van der Waals surface area contributed by atoms with E-state index in [-0.39, 0.29) is 0 Å². The summed E-state index contributed by atoms with van der Waals surface area (Å²) >= 11 is 0. The van der Waals surface area contributed by atoms with Gasteiger partial charge >= 0.3 is 0 Å². The van der Waals surface area contributed by atoms with Crippen LogP contribution in [0.5, 0.6) is 0 Å². The molecule has 0 aromatic heterocycles. The lowest BCUT2D eigenvalue weighted by Crippen LogP contribution is -2.39. The highest BCUT2D eigenvalue weighted by Crippen LogP contribution is 2.37. The van der Waals surface area contributed by atoms with Gasteiger partial charge in [-0.25, -0.2) is 0 Å². The Bertz CT molecular complexity index is 173. The van der Waals surface area contributed by atoms with Crippen LogP contribution in [-0.4, -0.2) is 32.2 Å². The summed E-state index contributed by atoms with van der Waals surface area (Å²) in [6, 6.07) is 0. The molecule has 1 heterocycles. The Morgan fingerprint density at radius 2 is 1.62 bits per heavy atom. The first-order valence-corrected chi connectivity index (χ1v) is 9.48. The van der Waals surface area contributed by atoms with Crippen LogP contribution in [0.3, 0.4) is 0 Å². The number of hydrogen-bond donors (Lipinski definition) is 0. The predicted molar refractivity (Wildman–Crippen MR) is 60.6 cm³/mol. The zero-order valence-electron chi connectivity index (χ0n) is 9.34. The maximum absolute atomic E-state index is 2.75. The van der Waals surface area contributed by atoms with Crippen LogP contribution in [0.15, 0.2) is 0 Å². The van der Waals surface area contributed by atoms with Gasteiger partial charge < -0.3 is 4.90 Å². The summed E-state index contributed by atoms with van der Waals surface area (Å²) in [4.78, 5) is 2.75. The zero-order valence-corrected chi connectivity index (χ0v) is 10.3. The Hall–Kier alpha value is 0.177. The van der Waals surface area contributed by atoms with Gasteiger partial charge in [-0.1, -0.05) is 26.1 Å². The molecular weight excluding hydrogens is 174 g/mol. The highest BCUT2D eigenvalue weighted by molar-refractivity contribution is 6.76. The molecule has 13 heavy (non-hydrogen) atoms. The summed E-state index contributed by atoms with van der Waals surface area (Å²) in [7, 11) is -0.844. The molecule has 0 radical (unpaired) electrons. The van der Waals surface area contributed by atoms with Crippen molar-refractivity contribution >= 4 is 8.07 Å². The molecule has 76 valence electrons. The summed E-state index contributed by atoms with van der Waals surface area (Å²) in [5, 5.41) is 0. The van der Waals surface area contributed by atoms with Gasteiger partial charge in [-0.05, 0) is 30.8 Å². The van der Waals surface area contributed by atoms with Crippen molar-refractivity contribution in [2.24, 2.45) is 11.8 Å². The van der Waals surface area contributed by atoms with E-state index in [1.54, 1.807) is 0 Å². The van der Waals surface area contributed by atoms with Gasteiger partial charge in [0.2, 0.25) is 0 Å².